The zero-order valence-corrected chi connectivity index (χ0v) is 11.6. The summed E-state index contributed by atoms with van der Waals surface area (Å²) < 4.78 is 4.86. The normalized spacial score (nSPS) is 9.76. The van der Waals surface area contributed by atoms with Crippen molar-refractivity contribution in [3.05, 3.63) is 33.8 Å². The van der Waals surface area contributed by atoms with E-state index in [9.17, 15) is 4.79 Å². The van der Waals surface area contributed by atoms with Crippen LogP contribution in [0.15, 0.2) is 12.1 Å². The lowest BCUT2D eigenvalue weighted by Crippen LogP contribution is -2.08. The molecule has 1 rings (SSSR count). The van der Waals surface area contributed by atoms with E-state index in [-0.39, 0.29) is 12.4 Å². The van der Waals surface area contributed by atoms with Gasteiger partial charge in [-0.05, 0) is 24.1 Å². The first kappa shape index (κ1) is 14.0. The summed E-state index contributed by atoms with van der Waals surface area (Å²) in [4.78, 5) is 11.3. The molecule has 0 atom stereocenters. The van der Waals surface area contributed by atoms with Gasteiger partial charge in [-0.2, -0.15) is 5.26 Å². The molecule has 90 valence electrons. The summed E-state index contributed by atoms with van der Waals surface area (Å²) in [5, 5.41) is 9.83. The van der Waals surface area contributed by atoms with Crippen LogP contribution in [0.1, 0.15) is 23.6 Å². The highest BCUT2D eigenvalue weighted by Crippen LogP contribution is 2.24. The summed E-state index contributed by atoms with van der Waals surface area (Å²) in [5.41, 5.74) is 1.97. The average Bonchev–Trinajstić information content (AvgIpc) is 2.28. The molecule has 0 aromatic heterocycles. The van der Waals surface area contributed by atoms with Gasteiger partial charge in [-0.15, -0.1) is 0 Å². The Kier molecular flexibility index (Phi) is 5.46. The van der Waals surface area contributed by atoms with Crippen molar-refractivity contribution in [3.63, 3.8) is 0 Å². The lowest BCUT2D eigenvalue weighted by Gasteiger charge is -2.07. The van der Waals surface area contributed by atoms with Crippen LogP contribution in [0.4, 0.5) is 0 Å². The van der Waals surface area contributed by atoms with Gasteiger partial charge in [0, 0.05) is 5.33 Å². The summed E-state index contributed by atoms with van der Waals surface area (Å²) in [6.07, 6.45) is 0.166. The highest BCUT2D eigenvalue weighted by molar-refractivity contribution is 9.08. The second kappa shape index (κ2) is 6.63. The fraction of sp³-hybridized carbons (Fsp3) is 0.333. The number of alkyl halides is 1. The van der Waals surface area contributed by atoms with E-state index in [0.717, 1.165) is 11.1 Å². The Morgan fingerprint density at radius 3 is 2.82 bits per heavy atom. The van der Waals surface area contributed by atoms with Crippen LogP contribution in [0.25, 0.3) is 0 Å². The van der Waals surface area contributed by atoms with Crippen LogP contribution >= 0.6 is 27.5 Å². The molecule has 0 aliphatic rings. The third kappa shape index (κ3) is 3.72. The van der Waals surface area contributed by atoms with Crippen molar-refractivity contribution < 1.29 is 9.53 Å². The van der Waals surface area contributed by atoms with E-state index in [2.05, 4.69) is 15.9 Å². The molecule has 0 saturated heterocycles. The molecule has 3 nitrogen and oxygen atoms in total. The molecular formula is C12H11BrClNO2. The number of rotatable bonds is 4. The highest BCUT2D eigenvalue weighted by atomic mass is 79.9. The number of hydrogen-bond donors (Lipinski definition) is 0. The van der Waals surface area contributed by atoms with Gasteiger partial charge in [0.15, 0.2) is 0 Å². The van der Waals surface area contributed by atoms with Crippen molar-refractivity contribution in [2.24, 2.45) is 0 Å². The quantitative estimate of drug-likeness (QED) is 0.633. The topological polar surface area (TPSA) is 50.1 Å². The molecule has 0 fully saturated rings. The minimum Gasteiger partial charge on any atom is -0.466 e. The van der Waals surface area contributed by atoms with Crippen molar-refractivity contribution in [1.29, 1.82) is 5.26 Å². The zero-order chi connectivity index (χ0) is 12.8. The molecule has 0 bridgehead atoms. The van der Waals surface area contributed by atoms with Gasteiger partial charge in [-0.1, -0.05) is 33.6 Å². The maximum atomic E-state index is 11.3. The molecule has 5 heteroatoms. The van der Waals surface area contributed by atoms with E-state index in [1.54, 1.807) is 19.1 Å². The fourth-order valence-electron chi connectivity index (χ4n) is 1.44. The Balaban J connectivity index is 3.00. The van der Waals surface area contributed by atoms with Crippen molar-refractivity contribution in [1.82, 2.24) is 0 Å². The van der Waals surface area contributed by atoms with E-state index >= 15 is 0 Å². The number of ether oxygens (including phenoxy) is 1. The molecule has 0 spiro atoms. The van der Waals surface area contributed by atoms with Crippen LogP contribution in [-0.4, -0.2) is 12.6 Å². The summed E-state index contributed by atoms with van der Waals surface area (Å²) in [6.45, 7) is 2.11. The van der Waals surface area contributed by atoms with Crippen molar-refractivity contribution in [3.8, 4) is 6.07 Å². The second-order valence-electron chi connectivity index (χ2n) is 3.34. The predicted octanol–water partition coefficient (Wildman–Crippen LogP) is 3.21. The van der Waals surface area contributed by atoms with Crippen LogP contribution in [0.5, 0.6) is 0 Å². The van der Waals surface area contributed by atoms with Crippen LogP contribution in [0.3, 0.4) is 0 Å². The molecule has 1 aromatic rings. The molecule has 0 N–H and O–H groups in total. The van der Waals surface area contributed by atoms with Crippen molar-refractivity contribution >= 4 is 33.5 Å². The Morgan fingerprint density at radius 2 is 2.29 bits per heavy atom. The van der Waals surface area contributed by atoms with Crippen LogP contribution < -0.4 is 0 Å². The number of carbonyl (C=O) groups excluding carboxylic acids is 1. The van der Waals surface area contributed by atoms with Gasteiger partial charge in [-0.25, -0.2) is 0 Å². The third-order valence-corrected chi connectivity index (χ3v) is 3.04. The molecule has 0 heterocycles. The third-order valence-electron chi connectivity index (χ3n) is 2.14. The van der Waals surface area contributed by atoms with Gasteiger partial charge in [0.05, 0.1) is 23.6 Å². The van der Waals surface area contributed by atoms with Crippen LogP contribution in [-0.2, 0) is 21.3 Å². The molecule has 1 aromatic carbocycles. The van der Waals surface area contributed by atoms with Gasteiger partial charge < -0.3 is 4.74 Å². The summed E-state index contributed by atoms with van der Waals surface area (Å²) in [7, 11) is 0. The zero-order valence-electron chi connectivity index (χ0n) is 9.30. The van der Waals surface area contributed by atoms with Gasteiger partial charge in [0.25, 0.3) is 0 Å². The number of benzene rings is 1. The summed E-state index contributed by atoms with van der Waals surface area (Å²) in [5.74, 6) is -0.297. The van der Waals surface area contributed by atoms with Gasteiger partial charge in [0.2, 0.25) is 0 Å². The standard InChI is InChI=1S/C12H11BrClNO2/c1-2-17-12(16)5-8-3-9(6-13)10(7-15)11(14)4-8/h3-4H,2,5-6H2,1H3. The summed E-state index contributed by atoms with van der Waals surface area (Å²) in [6, 6.07) is 5.46. The van der Waals surface area contributed by atoms with Gasteiger partial charge >= 0.3 is 5.97 Å². The second-order valence-corrected chi connectivity index (χ2v) is 4.31. The van der Waals surface area contributed by atoms with Gasteiger partial charge in [0.1, 0.15) is 6.07 Å². The molecule has 0 radical (unpaired) electrons. The van der Waals surface area contributed by atoms with Crippen LogP contribution in [0.2, 0.25) is 5.02 Å². The molecule has 0 unspecified atom stereocenters. The number of nitriles is 1. The predicted molar refractivity (Wildman–Crippen MR) is 69.1 cm³/mol. The maximum absolute atomic E-state index is 11.3. The number of nitrogens with zero attached hydrogens (tertiary/aromatic N) is 1. The Morgan fingerprint density at radius 1 is 1.59 bits per heavy atom. The first-order valence-corrected chi connectivity index (χ1v) is 6.55. The smallest absolute Gasteiger partial charge is 0.310 e. The number of carbonyl (C=O) groups is 1. The van der Waals surface area contributed by atoms with Crippen LogP contribution in [0, 0.1) is 11.3 Å². The SMILES string of the molecule is CCOC(=O)Cc1cc(Cl)c(C#N)c(CBr)c1. The van der Waals surface area contributed by atoms with Crippen molar-refractivity contribution in [2.45, 2.75) is 18.7 Å². The lowest BCUT2D eigenvalue weighted by atomic mass is 10.0. The minimum atomic E-state index is -0.297. The largest absolute Gasteiger partial charge is 0.466 e. The molecule has 0 aliphatic heterocycles. The first-order valence-electron chi connectivity index (χ1n) is 5.05. The first-order chi connectivity index (χ1) is 8.12. The highest BCUT2D eigenvalue weighted by Gasteiger charge is 2.11. The van der Waals surface area contributed by atoms with E-state index in [0.29, 0.717) is 22.5 Å². The maximum Gasteiger partial charge on any atom is 0.310 e. The molecule has 0 aliphatic carbocycles. The monoisotopic (exact) mass is 315 g/mol. The summed E-state index contributed by atoms with van der Waals surface area (Å²) >= 11 is 9.27. The Bertz CT molecular complexity index is 468. The fourth-order valence-corrected chi connectivity index (χ4v) is 2.18. The van der Waals surface area contributed by atoms with E-state index in [1.165, 1.54) is 0 Å². The molecule has 0 amide bonds. The van der Waals surface area contributed by atoms with Gasteiger partial charge in [-0.3, -0.25) is 4.79 Å². The Hall–Kier alpha value is -1.05. The lowest BCUT2D eigenvalue weighted by molar-refractivity contribution is -0.142. The minimum absolute atomic E-state index is 0.166. The van der Waals surface area contributed by atoms with Crippen molar-refractivity contribution in [2.75, 3.05) is 6.61 Å². The molecule has 17 heavy (non-hydrogen) atoms. The number of hydrogen-bond acceptors (Lipinski definition) is 3. The molecular weight excluding hydrogens is 305 g/mol. The number of esters is 1. The van der Waals surface area contributed by atoms with E-state index < -0.39 is 0 Å². The van der Waals surface area contributed by atoms with E-state index in [4.69, 9.17) is 21.6 Å². The molecule has 0 saturated carbocycles. The average molecular weight is 317 g/mol. The number of halogens is 2. The van der Waals surface area contributed by atoms with E-state index in [1.807, 2.05) is 6.07 Å². The Labute approximate surface area is 113 Å².